The number of aliphatic carboxylic acids is 1. The number of carbonyl (C=O) groups excluding carboxylic acids is 3. The maximum Gasteiger partial charge on any atom is 0.326 e. The van der Waals surface area contributed by atoms with E-state index in [-0.39, 0.29) is 25.2 Å². The van der Waals surface area contributed by atoms with E-state index in [4.69, 9.17) is 5.73 Å². The number of aromatic amines is 2. The summed E-state index contributed by atoms with van der Waals surface area (Å²) in [6.45, 7) is 3.61. The van der Waals surface area contributed by atoms with Crippen molar-refractivity contribution in [2.24, 2.45) is 11.7 Å². The van der Waals surface area contributed by atoms with E-state index in [2.05, 4.69) is 30.9 Å². The normalized spacial score (nSPS) is 14.0. The molecule has 0 radical (unpaired) electrons. The number of fused-ring (bicyclic) bond motifs is 1. The molecule has 0 saturated carbocycles. The fraction of sp³-hybridized carbons (Fsp3) is 0.323. The van der Waals surface area contributed by atoms with Crippen LogP contribution in [0.4, 0.5) is 0 Å². The van der Waals surface area contributed by atoms with E-state index in [0.29, 0.717) is 5.69 Å². The third-order valence-corrected chi connectivity index (χ3v) is 7.26. The minimum Gasteiger partial charge on any atom is -0.480 e. The van der Waals surface area contributed by atoms with Crippen molar-refractivity contribution in [3.63, 3.8) is 0 Å². The smallest absolute Gasteiger partial charge is 0.326 e. The molecular formula is C31H37N7O5. The zero-order valence-corrected chi connectivity index (χ0v) is 24.0. The van der Waals surface area contributed by atoms with Crippen LogP contribution in [0.5, 0.6) is 0 Å². The molecular weight excluding hydrogens is 550 g/mol. The van der Waals surface area contributed by atoms with Gasteiger partial charge in [-0.25, -0.2) is 9.78 Å². The number of nitrogens with one attached hydrogen (secondary N) is 5. The Labute approximate surface area is 248 Å². The minimum atomic E-state index is -1.27. The predicted octanol–water partition coefficient (Wildman–Crippen LogP) is 1.44. The van der Waals surface area contributed by atoms with Gasteiger partial charge in [-0.1, -0.05) is 62.4 Å². The molecule has 0 spiro atoms. The van der Waals surface area contributed by atoms with Crippen LogP contribution in [0.2, 0.25) is 0 Å². The van der Waals surface area contributed by atoms with Crippen molar-refractivity contribution in [3.05, 3.63) is 90.1 Å². The average Bonchev–Trinajstić information content (AvgIpc) is 3.66. The Morgan fingerprint density at radius 2 is 1.44 bits per heavy atom. The first-order valence-corrected chi connectivity index (χ1v) is 14.1. The van der Waals surface area contributed by atoms with Crippen LogP contribution in [0.15, 0.2) is 73.3 Å². The second kappa shape index (κ2) is 14.3. The van der Waals surface area contributed by atoms with Gasteiger partial charge in [0.2, 0.25) is 17.7 Å². The lowest BCUT2D eigenvalue weighted by molar-refractivity contribution is -0.142. The predicted molar refractivity (Wildman–Crippen MR) is 161 cm³/mol. The Kier molecular flexibility index (Phi) is 10.3. The molecule has 0 aliphatic rings. The van der Waals surface area contributed by atoms with Gasteiger partial charge in [0, 0.05) is 48.3 Å². The summed E-state index contributed by atoms with van der Waals surface area (Å²) >= 11 is 0. The monoisotopic (exact) mass is 587 g/mol. The van der Waals surface area contributed by atoms with Crippen molar-refractivity contribution < 1.29 is 24.3 Å². The largest absolute Gasteiger partial charge is 0.480 e. The van der Waals surface area contributed by atoms with E-state index >= 15 is 0 Å². The molecule has 0 saturated heterocycles. The van der Waals surface area contributed by atoms with Gasteiger partial charge in [0.25, 0.3) is 0 Å². The quantitative estimate of drug-likeness (QED) is 0.116. The summed E-state index contributed by atoms with van der Waals surface area (Å²) in [5, 5.41) is 18.8. The van der Waals surface area contributed by atoms with E-state index in [0.717, 1.165) is 22.0 Å². The molecule has 12 nitrogen and oxygen atoms in total. The fourth-order valence-corrected chi connectivity index (χ4v) is 4.72. The molecule has 43 heavy (non-hydrogen) atoms. The summed E-state index contributed by atoms with van der Waals surface area (Å²) in [4.78, 5) is 62.3. The summed E-state index contributed by atoms with van der Waals surface area (Å²) in [7, 11) is 0. The minimum absolute atomic E-state index is 0.0284. The maximum absolute atomic E-state index is 13.8. The topological polar surface area (TPSA) is 195 Å². The first-order valence-electron chi connectivity index (χ1n) is 14.1. The Morgan fingerprint density at radius 3 is 2.09 bits per heavy atom. The van der Waals surface area contributed by atoms with Crippen LogP contribution < -0.4 is 21.7 Å². The number of aromatic nitrogens is 3. The van der Waals surface area contributed by atoms with Gasteiger partial charge in [0.05, 0.1) is 12.4 Å². The highest BCUT2D eigenvalue weighted by atomic mass is 16.4. The van der Waals surface area contributed by atoms with E-state index < -0.39 is 47.9 Å². The second-order valence-electron chi connectivity index (χ2n) is 10.8. The van der Waals surface area contributed by atoms with Gasteiger partial charge in [0.1, 0.15) is 18.1 Å². The van der Waals surface area contributed by atoms with Gasteiger partial charge in [-0.3, -0.25) is 14.4 Å². The third kappa shape index (κ3) is 8.29. The van der Waals surface area contributed by atoms with E-state index in [1.807, 2.05) is 30.3 Å². The third-order valence-electron chi connectivity index (χ3n) is 7.26. The second-order valence-corrected chi connectivity index (χ2v) is 10.8. The number of carboxylic acid groups (broad SMARTS) is 1. The molecule has 2 aromatic carbocycles. The van der Waals surface area contributed by atoms with E-state index in [1.54, 1.807) is 44.3 Å². The summed E-state index contributed by atoms with van der Waals surface area (Å²) in [6.07, 6.45) is 4.87. The highest BCUT2D eigenvalue weighted by Gasteiger charge is 2.31. The standard InChI is InChI=1S/C31H37N7O5/c1-18(2)27(32)30(41)37-25(13-20-15-34-23-11-7-6-10-22(20)23)29(40)36-24(12-19-8-4-3-5-9-19)28(39)38-26(31(42)43)14-21-16-33-17-35-21/h3-11,15-18,24-27,34H,12-14,32H2,1-2H3,(H,33,35)(H,36,40)(H,37,41)(H,38,39)(H,42,43). The molecule has 0 aliphatic carbocycles. The highest BCUT2D eigenvalue weighted by Crippen LogP contribution is 2.19. The Balaban J connectivity index is 1.59. The van der Waals surface area contributed by atoms with Gasteiger partial charge < -0.3 is 36.8 Å². The lowest BCUT2D eigenvalue weighted by Gasteiger charge is -2.26. The zero-order chi connectivity index (χ0) is 30.9. The number of rotatable bonds is 14. The van der Waals surface area contributed by atoms with Crippen molar-refractivity contribution in [2.45, 2.75) is 57.3 Å². The van der Waals surface area contributed by atoms with Crippen LogP contribution in [0.1, 0.15) is 30.7 Å². The molecule has 2 heterocycles. The Hall–Kier alpha value is -4.97. The number of H-pyrrole nitrogens is 2. The lowest BCUT2D eigenvalue weighted by atomic mass is 10.00. The number of nitrogens with two attached hydrogens (primary N) is 1. The molecule has 3 amide bonds. The Bertz CT molecular complexity index is 1530. The summed E-state index contributed by atoms with van der Waals surface area (Å²) in [6, 6.07) is 12.3. The van der Waals surface area contributed by atoms with Gasteiger partial charge in [-0.05, 0) is 23.1 Å². The number of carbonyl (C=O) groups is 4. The molecule has 12 heteroatoms. The van der Waals surface area contributed by atoms with Crippen LogP contribution in [-0.4, -0.2) is 67.9 Å². The fourth-order valence-electron chi connectivity index (χ4n) is 4.72. The van der Waals surface area contributed by atoms with Crippen molar-refractivity contribution in [2.75, 3.05) is 0 Å². The maximum atomic E-state index is 13.8. The highest BCUT2D eigenvalue weighted by molar-refractivity contribution is 5.95. The van der Waals surface area contributed by atoms with Crippen LogP contribution >= 0.6 is 0 Å². The molecule has 4 rings (SSSR count). The summed E-state index contributed by atoms with van der Waals surface area (Å²) < 4.78 is 0. The molecule has 4 aromatic rings. The van der Waals surface area contributed by atoms with Crippen LogP contribution in [0.25, 0.3) is 10.9 Å². The van der Waals surface area contributed by atoms with Gasteiger partial charge >= 0.3 is 5.97 Å². The van der Waals surface area contributed by atoms with Crippen LogP contribution in [-0.2, 0) is 38.4 Å². The molecule has 0 bridgehead atoms. The molecule has 2 aromatic heterocycles. The van der Waals surface area contributed by atoms with Crippen molar-refractivity contribution in [3.8, 4) is 0 Å². The lowest BCUT2D eigenvalue weighted by Crippen LogP contribution is -2.58. The van der Waals surface area contributed by atoms with Gasteiger partial charge in [-0.2, -0.15) is 0 Å². The number of hydrogen-bond acceptors (Lipinski definition) is 6. The molecule has 4 unspecified atom stereocenters. The molecule has 226 valence electrons. The first-order chi connectivity index (χ1) is 20.6. The molecule has 0 fully saturated rings. The number of para-hydroxylation sites is 1. The summed E-state index contributed by atoms with van der Waals surface area (Å²) in [5.74, 6) is -3.19. The van der Waals surface area contributed by atoms with Crippen molar-refractivity contribution in [1.82, 2.24) is 30.9 Å². The Morgan fingerprint density at radius 1 is 0.814 bits per heavy atom. The van der Waals surface area contributed by atoms with Crippen LogP contribution in [0, 0.1) is 5.92 Å². The van der Waals surface area contributed by atoms with Crippen LogP contribution in [0.3, 0.4) is 0 Å². The van der Waals surface area contributed by atoms with E-state index in [9.17, 15) is 24.3 Å². The van der Waals surface area contributed by atoms with Crippen molar-refractivity contribution in [1.29, 1.82) is 0 Å². The van der Waals surface area contributed by atoms with Gasteiger partial charge in [-0.15, -0.1) is 0 Å². The van der Waals surface area contributed by atoms with Gasteiger partial charge in [0.15, 0.2) is 0 Å². The van der Waals surface area contributed by atoms with Crippen molar-refractivity contribution >= 4 is 34.6 Å². The SMILES string of the molecule is CC(C)C(N)C(=O)NC(Cc1c[nH]c2ccccc12)C(=O)NC(Cc1ccccc1)C(=O)NC(Cc1cnc[nH]1)C(=O)O. The number of imidazole rings is 1. The number of benzene rings is 2. The molecule has 8 N–H and O–H groups in total. The number of carboxylic acids is 1. The summed E-state index contributed by atoms with van der Waals surface area (Å²) in [5.41, 5.74) is 9.04. The molecule has 4 atom stereocenters. The molecule has 0 aliphatic heterocycles. The average molecular weight is 588 g/mol. The number of amides is 3. The number of nitrogens with zero attached hydrogens (tertiary/aromatic N) is 1. The first kappa shape index (κ1) is 31.0. The zero-order valence-electron chi connectivity index (χ0n) is 24.0. The number of hydrogen-bond donors (Lipinski definition) is 7. The van der Waals surface area contributed by atoms with E-state index in [1.165, 1.54) is 12.5 Å².